The lowest BCUT2D eigenvalue weighted by Gasteiger charge is -2.42. The summed E-state index contributed by atoms with van der Waals surface area (Å²) in [5, 5.41) is 37.9. The van der Waals surface area contributed by atoms with Gasteiger partial charge in [-0.3, -0.25) is 0 Å². The Balaban J connectivity index is 2.30. The van der Waals surface area contributed by atoms with Gasteiger partial charge in [-0.2, -0.15) is 4.39 Å². The van der Waals surface area contributed by atoms with Gasteiger partial charge in [0.2, 0.25) is 0 Å². The van der Waals surface area contributed by atoms with Crippen LogP contribution in [0.2, 0.25) is 0 Å². The third kappa shape index (κ3) is 3.29. The van der Waals surface area contributed by atoms with Crippen molar-refractivity contribution >= 4 is 20.0 Å². The predicted octanol–water partition coefficient (Wildman–Crippen LogP) is -1.18. The fraction of sp³-hybridized carbons (Fsp3) is 0.500. The van der Waals surface area contributed by atoms with Crippen LogP contribution in [0, 0.1) is 0 Å². The van der Waals surface area contributed by atoms with Crippen molar-refractivity contribution < 1.29 is 37.9 Å². The number of halogens is 1. The first-order valence-electron chi connectivity index (χ1n) is 6.24. The molecule has 10 heteroatoms. The van der Waals surface area contributed by atoms with Crippen molar-refractivity contribution in [1.29, 1.82) is 0 Å². The monoisotopic (exact) mass is 353 g/mol. The molecule has 2 unspecified atom stereocenters. The molecule has 7 nitrogen and oxygen atoms in total. The van der Waals surface area contributed by atoms with Gasteiger partial charge in [-0.05, 0) is 12.1 Å². The summed E-state index contributed by atoms with van der Waals surface area (Å²) in [5.74, 6) is 0. The predicted molar refractivity (Wildman–Crippen MR) is 75.1 cm³/mol. The Hall–Kier alpha value is -0.720. The van der Waals surface area contributed by atoms with Gasteiger partial charge >= 0.3 is 6.04 Å². The summed E-state index contributed by atoms with van der Waals surface area (Å²) >= 11 is 4.73. The van der Waals surface area contributed by atoms with Crippen LogP contribution in [0.1, 0.15) is 0 Å². The molecule has 124 valence electrons. The second kappa shape index (κ2) is 6.42. The standard InChI is InChI=1S/C12H15FO7S2/c13-12(11(17)10(16)9(15)8(6-14)19-12)20-22(18,21)7-4-2-1-3-5-7/h1-5,8-11,14-17H,6H2/t8-,9-,10+,11-,12?,22?/m1/s1/i13-1. The van der Waals surface area contributed by atoms with E-state index in [1.165, 1.54) is 24.3 Å². The number of hydrogen-bond acceptors (Lipinski definition) is 8. The highest BCUT2D eigenvalue weighted by Gasteiger charge is 2.57. The smallest absolute Gasteiger partial charge is 0.362 e. The summed E-state index contributed by atoms with van der Waals surface area (Å²) in [6.07, 6.45) is -7.70. The van der Waals surface area contributed by atoms with E-state index in [4.69, 9.17) is 16.3 Å². The van der Waals surface area contributed by atoms with Gasteiger partial charge in [0.1, 0.15) is 18.3 Å². The summed E-state index contributed by atoms with van der Waals surface area (Å²) in [4.78, 5) is -0.0287. The van der Waals surface area contributed by atoms with Gasteiger partial charge < -0.3 is 25.2 Å². The molecule has 0 aromatic heterocycles. The van der Waals surface area contributed by atoms with Gasteiger partial charge in [-0.1, -0.05) is 18.2 Å². The largest absolute Gasteiger partial charge is 0.394 e. The fourth-order valence-corrected chi connectivity index (χ4v) is 3.59. The molecule has 1 saturated heterocycles. The van der Waals surface area contributed by atoms with E-state index in [9.17, 15) is 23.9 Å². The molecule has 22 heavy (non-hydrogen) atoms. The Labute approximate surface area is 130 Å². The average molecular weight is 353 g/mol. The average Bonchev–Trinajstić information content (AvgIpc) is 2.49. The van der Waals surface area contributed by atoms with E-state index in [0.717, 1.165) is 0 Å². The second-order valence-electron chi connectivity index (χ2n) is 4.70. The van der Waals surface area contributed by atoms with Crippen LogP contribution < -0.4 is 0 Å². The first-order chi connectivity index (χ1) is 10.2. The van der Waals surface area contributed by atoms with Crippen LogP contribution in [0.3, 0.4) is 0 Å². The normalized spacial score (nSPS) is 38.4. The molecule has 1 aromatic carbocycles. The first-order valence-corrected chi connectivity index (χ1v) is 8.64. The van der Waals surface area contributed by atoms with E-state index >= 15 is 0 Å². The lowest BCUT2D eigenvalue weighted by molar-refractivity contribution is -0.389. The minimum absolute atomic E-state index is 0.0287. The summed E-state index contributed by atoms with van der Waals surface area (Å²) in [7, 11) is -3.82. The number of ether oxygens (including phenoxy) is 1. The number of aliphatic hydroxyl groups excluding tert-OH is 4. The van der Waals surface area contributed by atoms with E-state index in [1.807, 2.05) is 0 Å². The van der Waals surface area contributed by atoms with Gasteiger partial charge in [-0.15, -0.1) is 0 Å². The maximum Gasteiger partial charge on any atom is 0.362 e. The Kier molecular flexibility index (Phi) is 5.14. The van der Waals surface area contributed by atoms with Crippen LogP contribution in [0.15, 0.2) is 35.2 Å². The fourth-order valence-electron chi connectivity index (χ4n) is 1.96. The molecule has 1 aliphatic rings. The Morgan fingerprint density at radius 1 is 1.27 bits per heavy atom. The molecule has 1 aliphatic heterocycles. The maximum absolute atomic E-state index is 14.7. The van der Waals surface area contributed by atoms with Crippen molar-refractivity contribution in [3.8, 4) is 0 Å². The molecular weight excluding hydrogens is 338 g/mol. The van der Waals surface area contributed by atoms with Crippen molar-refractivity contribution in [2.75, 3.05) is 6.61 Å². The minimum Gasteiger partial charge on any atom is -0.394 e. The highest BCUT2D eigenvalue weighted by atomic mass is 32.8. The lowest BCUT2D eigenvalue weighted by Crippen LogP contribution is -2.64. The zero-order chi connectivity index (χ0) is 16.5. The molecule has 2 rings (SSSR count). The summed E-state index contributed by atoms with van der Waals surface area (Å²) in [5.41, 5.74) is 0. The molecule has 0 amide bonds. The number of alkyl halides is 1. The van der Waals surface area contributed by atoms with Crippen LogP contribution >= 0.6 is 0 Å². The van der Waals surface area contributed by atoms with Crippen molar-refractivity contribution in [2.24, 2.45) is 0 Å². The molecule has 0 bridgehead atoms. The minimum atomic E-state index is -3.82. The van der Waals surface area contributed by atoms with E-state index < -0.39 is 45.8 Å². The van der Waals surface area contributed by atoms with E-state index in [2.05, 4.69) is 8.92 Å². The lowest BCUT2D eigenvalue weighted by atomic mass is 9.98. The van der Waals surface area contributed by atoms with Gasteiger partial charge in [0.25, 0.3) is 0 Å². The molecule has 1 fully saturated rings. The summed E-state index contributed by atoms with van der Waals surface area (Å²) in [6.45, 7) is -0.857. The molecule has 1 heterocycles. The number of rotatable bonds is 4. The molecule has 6 atom stereocenters. The van der Waals surface area contributed by atoms with Crippen molar-refractivity contribution in [2.45, 2.75) is 35.4 Å². The quantitative estimate of drug-likeness (QED) is 0.535. The number of hydrogen-bond donors (Lipinski definition) is 4. The van der Waals surface area contributed by atoms with E-state index in [0.29, 0.717) is 0 Å². The van der Waals surface area contributed by atoms with Crippen LogP contribution in [0.5, 0.6) is 0 Å². The van der Waals surface area contributed by atoms with Crippen LogP contribution in [-0.4, -0.2) is 61.7 Å². The molecule has 0 aliphatic carbocycles. The SMILES string of the molecule is O=S(=S)(OC1([18F])O[C@H](CO)[C@@H](O)[C@H](O)[C@H]1O)c1ccccc1. The molecule has 0 radical (unpaired) electrons. The van der Waals surface area contributed by atoms with Crippen molar-refractivity contribution in [3.63, 3.8) is 0 Å². The topological polar surface area (TPSA) is 116 Å². The van der Waals surface area contributed by atoms with Crippen LogP contribution in [0.4, 0.5) is 4.39 Å². The van der Waals surface area contributed by atoms with Crippen molar-refractivity contribution in [3.05, 3.63) is 30.3 Å². The molecule has 0 saturated carbocycles. The third-order valence-electron chi connectivity index (χ3n) is 3.15. The number of aliphatic hydroxyl groups is 4. The number of benzene rings is 1. The van der Waals surface area contributed by atoms with Gasteiger partial charge in [0.15, 0.2) is 14.9 Å². The Morgan fingerprint density at radius 2 is 1.86 bits per heavy atom. The second-order valence-corrected chi connectivity index (χ2v) is 7.56. The van der Waals surface area contributed by atoms with Gasteiger partial charge in [0, 0.05) is 11.2 Å². The zero-order valence-corrected chi connectivity index (χ0v) is 12.7. The highest BCUT2D eigenvalue weighted by Crippen LogP contribution is 2.35. The third-order valence-corrected chi connectivity index (χ3v) is 5.23. The van der Waals surface area contributed by atoms with Gasteiger partial charge in [0.05, 0.1) is 11.5 Å². The summed E-state index contributed by atoms with van der Waals surface area (Å²) in [6, 6.07) is 3.85. The van der Waals surface area contributed by atoms with E-state index in [-0.39, 0.29) is 4.90 Å². The molecule has 1 aromatic rings. The molecular formula is C12H15FO7S2. The van der Waals surface area contributed by atoms with Crippen molar-refractivity contribution in [1.82, 2.24) is 0 Å². The maximum atomic E-state index is 14.7. The Morgan fingerprint density at radius 3 is 2.41 bits per heavy atom. The summed E-state index contributed by atoms with van der Waals surface area (Å²) < 4.78 is 36.3. The van der Waals surface area contributed by atoms with Crippen LogP contribution in [0.25, 0.3) is 0 Å². The molecule has 4 N–H and O–H groups in total. The van der Waals surface area contributed by atoms with Crippen LogP contribution in [-0.2, 0) is 28.9 Å². The van der Waals surface area contributed by atoms with Gasteiger partial charge in [-0.25, -0.2) is 8.39 Å². The molecule has 0 spiro atoms. The first kappa shape index (κ1) is 17.6. The Bertz CT molecular complexity index is 609. The zero-order valence-electron chi connectivity index (χ0n) is 11.1. The van der Waals surface area contributed by atoms with E-state index in [1.54, 1.807) is 6.07 Å². The highest BCUT2D eigenvalue weighted by molar-refractivity contribution is 8.30.